The monoisotopic (exact) mass is 403 g/mol. The van der Waals surface area contributed by atoms with Gasteiger partial charge in [-0.25, -0.2) is 5.43 Å². The second-order valence-corrected chi connectivity index (χ2v) is 6.37. The van der Waals surface area contributed by atoms with Crippen LogP contribution < -0.4 is 10.2 Å². The van der Waals surface area contributed by atoms with Gasteiger partial charge in [0.25, 0.3) is 5.91 Å². The highest BCUT2D eigenvalue weighted by atomic mass is 35.5. The maximum absolute atomic E-state index is 12.1. The van der Waals surface area contributed by atoms with Crippen LogP contribution >= 0.6 is 23.2 Å². The van der Waals surface area contributed by atoms with Crippen molar-refractivity contribution in [2.24, 2.45) is 5.10 Å². The van der Waals surface area contributed by atoms with Crippen molar-refractivity contribution in [2.75, 3.05) is 6.61 Å². The first-order valence-corrected chi connectivity index (χ1v) is 8.71. The molecule has 2 aromatic carbocycles. The van der Waals surface area contributed by atoms with Crippen molar-refractivity contribution in [2.45, 2.75) is 6.92 Å². The number of nitrogens with zero attached hydrogens (tertiary/aromatic N) is 2. The van der Waals surface area contributed by atoms with Crippen molar-refractivity contribution in [3.8, 4) is 17.1 Å². The summed E-state index contributed by atoms with van der Waals surface area (Å²) in [6.45, 7) is 1.52. The van der Waals surface area contributed by atoms with Crippen LogP contribution in [0.1, 0.15) is 12.5 Å². The van der Waals surface area contributed by atoms with Crippen LogP contribution in [0, 0.1) is 0 Å². The normalized spacial score (nSPS) is 11.3. The first-order valence-electron chi connectivity index (χ1n) is 7.96. The van der Waals surface area contributed by atoms with Crippen LogP contribution in [-0.2, 0) is 4.79 Å². The lowest BCUT2D eigenvalue weighted by Crippen LogP contribution is -2.25. The van der Waals surface area contributed by atoms with Gasteiger partial charge in [-0.3, -0.25) is 4.79 Å². The summed E-state index contributed by atoms with van der Waals surface area (Å²) >= 11 is 12.3. The maximum Gasteiger partial charge on any atom is 0.277 e. The summed E-state index contributed by atoms with van der Waals surface area (Å²) in [5.41, 5.74) is 4.54. The molecule has 138 valence electrons. The highest BCUT2D eigenvalue weighted by Gasteiger charge is 2.16. The Hall–Kier alpha value is -2.83. The van der Waals surface area contributed by atoms with E-state index >= 15 is 0 Å². The molecule has 1 aromatic heterocycles. The van der Waals surface area contributed by atoms with Crippen molar-refractivity contribution in [1.82, 2.24) is 10.6 Å². The van der Waals surface area contributed by atoms with Crippen LogP contribution in [0.15, 0.2) is 64.4 Å². The van der Waals surface area contributed by atoms with Crippen molar-refractivity contribution < 1.29 is 14.1 Å². The fourth-order valence-electron chi connectivity index (χ4n) is 2.30. The van der Waals surface area contributed by atoms with Crippen LogP contribution in [-0.4, -0.2) is 23.4 Å². The van der Waals surface area contributed by atoms with Crippen LogP contribution in [0.4, 0.5) is 0 Å². The van der Waals surface area contributed by atoms with E-state index in [0.717, 1.165) is 5.56 Å². The molecule has 0 aliphatic carbocycles. The summed E-state index contributed by atoms with van der Waals surface area (Å²) in [7, 11) is 0. The average molecular weight is 404 g/mol. The third kappa shape index (κ3) is 4.87. The van der Waals surface area contributed by atoms with Gasteiger partial charge >= 0.3 is 0 Å². The molecule has 1 heterocycles. The van der Waals surface area contributed by atoms with E-state index in [9.17, 15) is 4.79 Å². The van der Waals surface area contributed by atoms with Crippen molar-refractivity contribution in [1.29, 1.82) is 0 Å². The Labute approximate surface area is 165 Å². The third-order valence-corrected chi connectivity index (χ3v) is 4.10. The van der Waals surface area contributed by atoms with Gasteiger partial charge in [-0.1, -0.05) is 58.7 Å². The lowest BCUT2D eigenvalue weighted by atomic mass is 10.1. The first-order chi connectivity index (χ1) is 13.0. The minimum absolute atomic E-state index is 0.255. The Bertz CT molecular complexity index is 958. The molecule has 1 N–H and O–H groups in total. The van der Waals surface area contributed by atoms with Gasteiger partial charge in [0.1, 0.15) is 5.75 Å². The number of hydrazone groups is 1. The van der Waals surface area contributed by atoms with Gasteiger partial charge in [-0.15, -0.1) is 0 Å². The smallest absolute Gasteiger partial charge is 0.277 e. The zero-order chi connectivity index (χ0) is 19.2. The van der Waals surface area contributed by atoms with E-state index in [-0.39, 0.29) is 17.4 Å². The molecule has 0 unspecified atom stereocenters. The maximum atomic E-state index is 12.1. The second kappa shape index (κ2) is 8.70. The molecule has 1 amide bonds. The third-order valence-electron chi connectivity index (χ3n) is 3.60. The molecule has 0 saturated heterocycles. The Morgan fingerprint density at radius 2 is 2.00 bits per heavy atom. The highest BCUT2D eigenvalue weighted by Crippen LogP contribution is 2.38. The summed E-state index contributed by atoms with van der Waals surface area (Å²) in [5.74, 6) is 0.268. The average Bonchev–Trinajstić information content (AvgIpc) is 3.20. The van der Waals surface area contributed by atoms with Crippen LogP contribution in [0.3, 0.4) is 0 Å². The molecule has 0 spiro atoms. The van der Waals surface area contributed by atoms with Crippen LogP contribution in [0.5, 0.6) is 5.75 Å². The topological polar surface area (TPSA) is 76.7 Å². The summed E-state index contributed by atoms with van der Waals surface area (Å²) in [6.07, 6.45) is 1.49. The Morgan fingerprint density at radius 1 is 1.22 bits per heavy atom. The zero-order valence-electron chi connectivity index (χ0n) is 14.3. The predicted molar refractivity (Wildman–Crippen MR) is 104 cm³/mol. The molecule has 0 bridgehead atoms. The fourth-order valence-corrected chi connectivity index (χ4v) is 2.85. The van der Waals surface area contributed by atoms with E-state index < -0.39 is 5.91 Å². The summed E-state index contributed by atoms with van der Waals surface area (Å²) in [6, 6.07) is 14.3. The Morgan fingerprint density at radius 3 is 2.70 bits per heavy atom. The summed E-state index contributed by atoms with van der Waals surface area (Å²) < 4.78 is 10.7. The number of nitrogens with one attached hydrogen (secondary N) is 1. The van der Waals surface area contributed by atoms with Gasteiger partial charge in [0.2, 0.25) is 0 Å². The number of carbonyl (C=O) groups excluding carboxylic acids is 1. The standard InChI is InChI=1S/C19H15Cl2N3O3/c1-12(13-5-3-2-4-6-13)23-24-18(25)11-26-19-15(17-7-8-22-27-17)9-14(20)10-16(19)21/h2-10H,11H2,1H3,(H,24,25)/b23-12-. The van der Waals surface area contributed by atoms with Gasteiger partial charge in [-0.2, -0.15) is 5.10 Å². The van der Waals surface area contributed by atoms with E-state index in [4.69, 9.17) is 32.5 Å². The minimum atomic E-state index is -0.431. The van der Waals surface area contributed by atoms with E-state index in [0.29, 0.717) is 22.1 Å². The number of halogens is 2. The van der Waals surface area contributed by atoms with Crippen molar-refractivity contribution >= 4 is 34.8 Å². The number of hydrogen-bond acceptors (Lipinski definition) is 5. The molecule has 0 saturated carbocycles. The van der Waals surface area contributed by atoms with Gasteiger partial charge < -0.3 is 9.26 Å². The van der Waals surface area contributed by atoms with Gasteiger partial charge in [-0.05, 0) is 24.6 Å². The fraction of sp³-hybridized carbons (Fsp3) is 0.105. The molecule has 0 aliphatic rings. The van der Waals surface area contributed by atoms with Crippen LogP contribution in [0.25, 0.3) is 11.3 Å². The molecular weight excluding hydrogens is 389 g/mol. The molecule has 0 fully saturated rings. The molecule has 6 nitrogen and oxygen atoms in total. The predicted octanol–water partition coefficient (Wildman–Crippen LogP) is 4.57. The molecule has 3 rings (SSSR count). The lowest BCUT2D eigenvalue weighted by Gasteiger charge is -2.11. The number of amides is 1. The van der Waals surface area contributed by atoms with Crippen molar-refractivity contribution in [3.63, 3.8) is 0 Å². The zero-order valence-corrected chi connectivity index (χ0v) is 15.8. The molecule has 0 radical (unpaired) electrons. The molecule has 0 aliphatic heterocycles. The largest absolute Gasteiger partial charge is 0.481 e. The molecule has 8 heteroatoms. The van der Waals surface area contributed by atoms with Crippen molar-refractivity contribution in [3.05, 3.63) is 70.3 Å². The number of carbonyl (C=O) groups is 1. The highest BCUT2D eigenvalue weighted by molar-refractivity contribution is 6.36. The molecule has 3 aromatic rings. The van der Waals surface area contributed by atoms with Gasteiger partial charge in [0, 0.05) is 11.1 Å². The number of rotatable bonds is 6. The van der Waals surface area contributed by atoms with E-state index in [1.807, 2.05) is 30.3 Å². The quantitative estimate of drug-likeness (QED) is 0.483. The summed E-state index contributed by atoms with van der Waals surface area (Å²) in [4.78, 5) is 12.1. The molecular formula is C19H15Cl2N3O3. The molecule has 0 atom stereocenters. The van der Waals surface area contributed by atoms with E-state index in [1.54, 1.807) is 19.1 Å². The van der Waals surface area contributed by atoms with Crippen LogP contribution in [0.2, 0.25) is 10.0 Å². The number of ether oxygens (including phenoxy) is 1. The lowest BCUT2D eigenvalue weighted by molar-refractivity contribution is -0.123. The van der Waals surface area contributed by atoms with E-state index in [1.165, 1.54) is 12.3 Å². The SMILES string of the molecule is C/C(=N/NC(=O)COc1c(Cl)cc(Cl)cc1-c1ccno1)c1ccccc1. The summed E-state index contributed by atoms with van der Waals surface area (Å²) in [5, 5.41) is 8.39. The minimum Gasteiger partial charge on any atom is -0.481 e. The number of aromatic nitrogens is 1. The Balaban J connectivity index is 1.69. The second-order valence-electron chi connectivity index (χ2n) is 5.53. The van der Waals surface area contributed by atoms with E-state index in [2.05, 4.69) is 15.7 Å². The Kier molecular flexibility index (Phi) is 6.11. The number of benzene rings is 2. The van der Waals surface area contributed by atoms with Gasteiger partial charge in [0.15, 0.2) is 12.4 Å². The number of hydrogen-bond donors (Lipinski definition) is 1. The van der Waals surface area contributed by atoms with Gasteiger partial charge in [0.05, 0.1) is 22.5 Å². The first kappa shape index (κ1) is 18.9. The molecule has 27 heavy (non-hydrogen) atoms.